The van der Waals surface area contributed by atoms with Crippen LogP contribution in [0.4, 0.5) is 5.69 Å². The Kier molecular flexibility index (Phi) is 8.46. The highest BCUT2D eigenvalue weighted by Crippen LogP contribution is 2.15. The van der Waals surface area contributed by atoms with Crippen molar-refractivity contribution in [1.29, 1.82) is 0 Å². The minimum Gasteiger partial charge on any atom is -0.369 e. The van der Waals surface area contributed by atoms with E-state index in [1.165, 1.54) is 5.69 Å². The molecule has 5 heteroatoms. The van der Waals surface area contributed by atoms with Gasteiger partial charge in [-0.1, -0.05) is 25.1 Å². The molecule has 0 radical (unpaired) electrons. The van der Waals surface area contributed by atoms with E-state index in [-0.39, 0.29) is 0 Å². The van der Waals surface area contributed by atoms with E-state index >= 15 is 0 Å². The average Bonchev–Trinajstić information content (AvgIpc) is 2.64. The summed E-state index contributed by atoms with van der Waals surface area (Å²) in [5.74, 6) is 0.952. The highest BCUT2D eigenvalue weighted by atomic mass is 15.3. The van der Waals surface area contributed by atoms with Crippen LogP contribution in [0.2, 0.25) is 0 Å². The van der Waals surface area contributed by atoms with E-state index in [1.807, 2.05) is 0 Å². The third-order valence-corrected chi connectivity index (χ3v) is 4.27. The van der Waals surface area contributed by atoms with Gasteiger partial charge in [0, 0.05) is 51.5 Å². The third kappa shape index (κ3) is 6.40. The number of aliphatic imine (C=N–C) groups is 1. The van der Waals surface area contributed by atoms with Crippen molar-refractivity contribution in [3.8, 4) is 0 Å². The van der Waals surface area contributed by atoms with Crippen LogP contribution in [0.25, 0.3) is 0 Å². The zero-order valence-corrected chi connectivity index (χ0v) is 15.3. The van der Waals surface area contributed by atoms with Gasteiger partial charge < -0.3 is 15.5 Å². The third-order valence-electron chi connectivity index (χ3n) is 4.27. The maximum Gasteiger partial charge on any atom is 0.191 e. The Bertz CT molecular complexity index is 466. The summed E-state index contributed by atoms with van der Waals surface area (Å²) in [6, 6.07) is 10.7. The maximum atomic E-state index is 4.53. The van der Waals surface area contributed by atoms with Gasteiger partial charge in [0.1, 0.15) is 0 Å². The van der Waals surface area contributed by atoms with Gasteiger partial charge in [-0.3, -0.25) is 9.89 Å². The van der Waals surface area contributed by atoms with E-state index in [0.29, 0.717) is 0 Å². The summed E-state index contributed by atoms with van der Waals surface area (Å²) in [4.78, 5) is 9.58. The average molecular weight is 332 g/mol. The van der Waals surface area contributed by atoms with Crippen LogP contribution in [0.1, 0.15) is 26.7 Å². The highest BCUT2D eigenvalue weighted by Gasteiger charge is 2.16. The number of rotatable bonds is 8. The minimum atomic E-state index is 0.886. The summed E-state index contributed by atoms with van der Waals surface area (Å²) < 4.78 is 0. The van der Waals surface area contributed by atoms with Crippen LogP contribution >= 0.6 is 0 Å². The molecule has 1 saturated heterocycles. The van der Waals surface area contributed by atoms with E-state index in [4.69, 9.17) is 0 Å². The normalized spacial score (nSPS) is 16.2. The molecule has 2 rings (SSSR count). The molecule has 0 aromatic heterocycles. The highest BCUT2D eigenvalue weighted by molar-refractivity contribution is 5.79. The van der Waals surface area contributed by atoms with E-state index in [0.717, 1.165) is 71.2 Å². The molecule has 1 aliphatic heterocycles. The molecule has 0 amide bonds. The smallest absolute Gasteiger partial charge is 0.191 e. The molecule has 1 aliphatic rings. The van der Waals surface area contributed by atoms with E-state index in [2.05, 4.69) is 69.6 Å². The first-order valence-electron chi connectivity index (χ1n) is 9.38. The molecule has 0 atom stereocenters. The SMILES string of the molecule is CCCN=C(NCC)NCCCN1CCN(c2ccccc2)CC1. The summed E-state index contributed by atoms with van der Waals surface area (Å²) in [5.41, 5.74) is 1.35. The van der Waals surface area contributed by atoms with E-state index < -0.39 is 0 Å². The second-order valence-electron chi connectivity index (χ2n) is 6.21. The molecule has 134 valence electrons. The lowest BCUT2D eigenvalue weighted by Crippen LogP contribution is -2.47. The van der Waals surface area contributed by atoms with Crippen LogP contribution in [-0.2, 0) is 0 Å². The topological polar surface area (TPSA) is 42.9 Å². The maximum absolute atomic E-state index is 4.53. The fourth-order valence-corrected chi connectivity index (χ4v) is 2.94. The Hall–Kier alpha value is -1.75. The van der Waals surface area contributed by atoms with Crippen LogP contribution in [0, 0.1) is 0 Å². The molecule has 0 aliphatic carbocycles. The number of guanidine groups is 1. The van der Waals surface area contributed by atoms with Crippen LogP contribution in [0.3, 0.4) is 0 Å². The van der Waals surface area contributed by atoms with Gasteiger partial charge in [-0.05, 0) is 38.4 Å². The first kappa shape index (κ1) is 18.6. The molecular weight excluding hydrogens is 298 g/mol. The van der Waals surface area contributed by atoms with Gasteiger partial charge in [0.25, 0.3) is 0 Å². The second-order valence-corrected chi connectivity index (χ2v) is 6.21. The second kappa shape index (κ2) is 10.9. The Morgan fingerprint density at radius 3 is 2.46 bits per heavy atom. The number of nitrogens with zero attached hydrogens (tertiary/aromatic N) is 3. The van der Waals surface area contributed by atoms with Gasteiger partial charge in [-0.2, -0.15) is 0 Å². The van der Waals surface area contributed by atoms with Crippen molar-refractivity contribution >= 4 is 11.6 Å². The Balaban J connectivity index is 1.62. The molecule has 1 aromatic carbocycles. The molecule has 0 unspecified atom stereocenters. The van der Waals surface area contributed by atoms with Crippen LogP contribution in [-0.4, -0.2) is 63.2 Å². The zero-order valence-electron chi connectivity index (χ0n) is 15.3. The molecule has 1 fully saturated rings. The zero-order chi connectivity index (χ0) is 17.0. The number of piperazine rings is 1. The number of benzene rings is 1. The molecule has 0 spiro atoms. The lowest BCUT2D eigenvalue weighted by Gasteiger charge is -2.36. The molecule has 0 bridgehead atoms. The van der Waals surface area contributed by atoms with Crippen molar-refractivity contribution in [3.05, 3.63) is 30.3 Å². The first-order chi connectivity index (χ1) is 11.8. The molecular formula is C19H33N5. The number of anilines is 1. The fourth-order valence-electron chi connectivity index (χ4n) is 2.94. The first-order valence-corrected chi connectivity index (χ1v) is 9.38. The predicted octanol–water partition coefficient (Wildman–Crippen LogP) is 2.16. The van der Waals surface area contributed by atoms with Crippen LogP contribution in [0.15, 0.2) is 35.3 Å². The Morgan fingerprint density at radius 1 is 1.04 bits per heavy atom. The van der Waals surface area contributed by atoms with Crippen molar-refractivity contribution in [3.63, 3.8) is 0 Å². The molecule has 2 N–H and O–H groups in total. The van der Waals surface area contributed by atoms with Crippen molar-refractivity contribution in [1.82, 2.24) is 15.5 Å². The summed E-state index contributed by atoms with van der Waals surface area (Å²) in [6.45, 7) is 12.7. The quantitative estimate of drug-likeness (QED) is 0.435. The van der Waals surface area contributed by atoms with E-state index in [1.54, 1.807) is 0 Å². The summed E-state index contributed by atoms with van der Waals surface area (Å²) in [5, 5.41) is 6.73. The van der Waals surface area contributed by atoms with E-state index in [9.17, 15) is 0 Å². The molecule has 0 saturated carbocycles. The largest absolute Gasteiger partial charge is 0.369 e. The van der Waals surface area contributed by atoms with Crippen LogP contribution < -0.4 is 15.5 Å². The van der Waals surface area contributed by atoms with Gasteiger partial charge >= 0.3 is 0 Å². The number of nitrogens with one attached hydrogen (secondary N) is 2. The van der Waals surface area contributed by atoms with Gasteiger partial charge in [0.05, 0.1) is 0 Å². The van der Waals surface area contributed by atoms with Gasteiger partial charge in [-0.25, -0.2) is 0 Å². The number of hydrogen-bond acceptors (Lipinski definition) is 3. The van der Waals surface area contributed by atoms with Crippen molar-refractivity contribution < 1.29 is 0 Å². The monoisotopic (exact) mass is 331 g/mol. The van der Waals surface area contributed by atoms with Crippen molar-refractivity contribution in [2.24, 2.45) is 4.99 Å². The lowest BCUT2D eigenvalue weighted by molar-refractivity contribution is 0.255. The van der Waals surface area contributed by atoms with Crippen molar-refractivity contribution in [2.45, 2.75) is 26.7 Å². The van der Waals surface area contributed by atoms with Gasteiger partial charge in [0.15, 0.2) is 5.96 Å². The number of hydrogen-bond donors (Lipinski definition) is 2. The molecule has 1 heterocycles. The molecule has 24 heavy (non-hydrogen) atoms. The Morgan fingerprint density at radius 2 is 1.79 bits per heavy atom. The summed E-state index contributed by atoms with van der Waals surface area (Å²) in [7, 11) is 0. The minimum absolute atomic E-state index is 0.886. The Labute approximate surface area is 147 Å². The predicted molar refractivity (Wildman–Crippen MR) is 104 cm³/mol. The molecule has 5 nitrogen and oxygen atoms in total. The van der Waals surface area contributed by atoms with Crippen molar-refractivity contribution in [2.75, 3.05) is 57.3 Å². The number of para-hydroxylation sites is 1. The fraction of sp³-hybridized carbons (Fsp3) is 0.632. The lowest BCUT2D eigenvalue weighted by atomic mass is 10.2. The molecule has 1 aromatic rings. The summed E-state index contributed by atoms with van der Waals surface area (Å²) >= 11 is 0. The summed E-state index contributed by atoms with van der Waals surface area (Å²) in [6.07, 6.45) is 2.24. The van der Waals surface area contributed by atoms with Gasteiger partial charge in [0.2, 0.25) is 0 Å². The van der Waals surface area contributed by atoms with Crippen LogP contribution in [0.5, 0.6) is 0 Å². The standard InChI is InChI=1S/C19H33N5/c1-3-11-21-19(20-4-2)22-12-8-13-23-14-16-24(17-15-23)18-9-6-5-7-10-18/h5-7,9-10H,3-4,8,11-17H2,1-2H3,(H2,20,21,22). The van der Waals surface area contributed by atoms with Gasteiger partial charge in [-0.15, -0.1) is 0 Å².